The van der Waals surface area contributed by atoms with Crippen molar-refractivity contribution in [3.05, 3.63) is 90.4 Å². The van der Waals surface area contributed by atoms with Crippen molar-refractivity contribution in [3.63, 3.8) is 0 Å². The molecule has 0 spiro atoms. The van der Waals surface area contributed by atoms with Crippen LogP contribution in [0.1, 0.15) is 78.1 Å². The highest BCUT2D eigenvalue weighted by Gasteiger charge is 2.42. The minimum absolute atomic E-state index is 1.22. The maximum atomic E-state index is 2.63. The molecule has 0 nitrogen and oxygen atoms in total. The monoisotopic (exact) mass is 424 g/mol. The lowest BCUT2D eigenvalue weighted by atomic mass is 9.81. The molecule has 0 amide bonds. The first-order valence-corrected chi connectivity index (χ1v) is 15.6. The Bertz CT molecular complexity index is 1060. The lowest BCUT2D eigenvalue weighted by molar-refractivity contribution is 0.665. The van der Waals surface area contributed by atoms with E-state index in [4.69, 9.17) is 0 Å². The molecule has 0 aromatic carbocycles. The molecule has 0 atom stereocenters. The molecule has 6 aliphatic carbocycles. The summed E-state index contributed by atoms with van der Waals surface area (Å²) >= 11 is 0. The van der Waals surface area contributed by atoms with Gasteiger partial charge in [-0.1, -0.05) is 59.7 Å². The van der Waals surface area contributed by atoms with E-state index in [0.717, 1.165) is 0 Å². The van der Waals surface area contributed by atoms with Crippen molar-refractivity contribution in [3.8, 4) is 0 Å². The Morgan fingerprint density at radius 3 is 1.45 bits per heavy atom. The molecule has 0 aromatic heterocycles. The molecule has 0 aliphatic heterocycles. The van der Waals surface area contributed by atoms with Gasteiger partial charge in [-0.2, -0.15) is 0 Å². The Balaban J connectivity index is 1.42. The van der Waals surface area contributed by atoms with Gasteiger partial charge in [0.2, 0.25) is 0 Å². The minimum Gasteiger partial charge on any atom is -0.0626 e. The van der Waals surface area contributed by atoms with Gasteiger partial charge in [-0.15, -0.1) is 0 Å². The molecule has 160 valence electrons. The van der Waals surface area contributed by atoms with E-state index < -0.39 is 8.07 Å². The average Bonchev–Trinajstić information content (AvgIpc) is 3.24. The molecular weight excluding hydrogens is 388 g/mol. The highest BCUT2D eigenvalue weighted by molar-refractivity contribution is 6.92. The molecule has 1 heteroatoms. The Labute approximate surface area is 189 Å². The third kappa shape index (κ3) is 2.99. The van der Waals surface area contributed by atoms with Crippen molar-refractivity contribution in [2.24, 2.45) is 0 Å². The summed E-state index contributed by atoms with van der Waals surface area (Å²) < 4.78 is 0. The summed E-state index contributed by atoms with van der Waals surface area (Å²) in [6, 6.07) is 0. The largest absolute Gasteiger partial charge is 0.114 e. The highest BCUT2D eigenvalue weighted by Crippen LogP contribution is 2.52. The van der Waals surface area contributed by atoms with Crippen LogP contribution in [0.3, 0.4) is 0 Å². The van der Waals surface area contributed by atoms with E-state index in [1.54, 1.807) is 66.1 Å². The number of hydrogen-bond donors (Lipinski definition) is 0. The van der Waals surface area contributed by atoms with Crippen LogP contribution in [0.2, 0.25) is 13.1 Å². The maximum absolute atomic E-state index is 2.63. The van der Waals surface area contributed by atoms with Gasteiger partial charge in [0.15, 0.2) is 0 Å². The van der Waals surface area contributed by atoms with Crippen molar-refractivity contribution in [1.82, 2.24) is 0 Å². The van der Waals surface area contributed by atoms with Crippen molar-refractivity contribution in [1.29, 1.82) is 0 Å². The Morgan fingerprint density at radius 1 is 0.581 bits per heavy atom. The second-order valence-electron chi connectivity index (χ2n) is 11.2. The van der Waals surface area contributed by atoms with Crippen LogP contribution in [0.4, 0.5) is 0 Å². The second-order valence-corrected chi connectivity index (χ2v) is 15.5. The molecule has 0 radical (unpaired) electrons. The molecule has 6 aliphatic rings. The molecule has 0 bridgehead atoms. The molecule has 0 aromatic rings. The van der Waals surface area contributed by atoms with Gasteiger partial charge in [-0.3, -0.25) is 0 Å². The normalized spacial score (nSPS) is 25.7. The SMILES string of the molecule is CC1=C([Si](C)(C)C2=C(C)C=C3CC4=C(C=C32)CCCC4)C2=CC3=C(CCCC3)CC2=C1. The first-order chi connectivity index (χ1) is 14.9. The van der Waals surface area contributed by atoms with Crippen LogP contribution >= 0.6 is 0 Å². The van der Waals surface area contributed by atoms with Crippen molar-refractivity contribution in [2.75, 3.05) is 0 Å². The van der Waals surface area contributed by atoms with Crippen LogP contribution in [-0.4, -0.2) is 8.07 Å². The summed E-state index contributed by atoms with van der Waals surface area (Å²) in [5.41, 5.74) is 16.4. The Kier molecular flexibility index (Phi) is 4.51. The smallest absolute Gasteiger partial charge is 0.0626 e. The lowest BCUT2D eigenvalue weighted by Gasteiger charge is -2.35. The third-order valence-electron chi connectivity index (χ3n) is 8.75. The van der Waals surface area contributed by atoms with Gasteiger partial charge >= 0.3 is 0 Å². The van der Waals surface area contributed by atoms with E-state index in [1.807, 2.05) is 0 Å². The molecule has 0 unspecified atom stereocenters. The number of rotatable bonds is 2. The van der Waals surface area contributed by atoms with E-state index in [-0.39, 0.29) is 0 Å². The zero-order valence-electron chi connectivity index (χ0n) is 19.9. The fourth-order valence-electron chi connectivity index (χ4n) is 7.52. The zero-order chi connectivity index (χ0) is 21.3. The molecule has 6 rings (SSSR count). The van der Waals surface area contributed by atoms with E-state index >= 15 is 0 Å². The fourth-order valence-corrected chi connectivity index (χ4v) is 11.7. The predicted octanol–water partition coefficient (Wildman–Crippen LogP) is 8.69. The van der Waals surface area contributed by atoms with Gasteiger partial charge in [-0.05, 0) is 122 Å². The highest BCUT2D eigenvalue weighted by atomic mass is 28.3. The molecular formula is C30H36Si. The van der Waals surface area contributed by atoms with E-state index in [9.17, 15) is 0 Å². The van der Waals surface area contributed by atoms with Crippen LogP contribution in [0.15, 0.2) is 90.4 Å². The van der Waals surface area contributed by atoms with Crippen molar-refractivity contribution in [2.45, 2.75) is 91.1 Å². The molecule has 0 fully saturated rings. The predicted molar refractivity (Wildman–Crippen MR) is 135 cm³/mol. The summed E-state index contributed by atoms with van der Waals surface area (Å²) in [5.74, 6) is 0. The van der Waals surface area contributed by atoms with Gasteiger partial charge in [0.05, 0.1) is 0 Å². The van der Waals surface area contributed by atoms with Crippen molar-refractivity contribution >= 4 is 8.07 Å². The van der Waals surface area contributed by atoms with Crippen LogP contribution in [0.5, 0.6) is 0 Å². The van der Waals surface area contributed by atoms with Gasteiger partial charge in [0, 0.05) is 0 Å². The summed E-state index contributed by atoms with van der Waals surface area (Å²) in [5, 5.41) is 3.46. The quantitative estimate of drug-likeness (QED) is 0.389. The number of fused-ring (bicyclic) bond motifs is 2. The summed E-state index contributed by atoms with van der Waals surface area (Å²) in [6.45, 7) is 10.1. The number of allylic oxidation sites excluding steroid dienone is 16. The molecule has 0 N–H and O–H groups in total. The summed E-state index contributed by atoms with van der Waals surface area (Å²) in [6.07, 6.45) is 23.6. The van der Waals surface area contributed by atoms with Gasteiger partial charge in [0.1, 0.15) is 8.07 Å². The zero-order valence-corrected chi connectivity index (χ0v) is 20.9. The maximum Gasteiger partial charge on any atom is 0.114 e. The molecule has 0 saturated carbocycles. The van der Waals surface area contributed by atoms with Crippen LogP contribution in [0, 0.1) is 0 Å². The number of hydrogen-bond acceptors (Lipinski definition) is 0. The van der Waals surface area contributed by atoms with Gasteiger partial charge in [0.25, 0.3) is 0 Å². The topological polar surface area (TPSA) is 0 Å². The van der Waals surface area contributed by atoms with Crippen LogP contribution in [-0.2, 0) is 0 Å². The van der Waals surface area contributed by atoms with E-state index in [1.165, 1.54) is 64.2 Å². The molecule has 0 saturated heterocycles. The summed E-state index contributed by atoms with van der Waals surface area (Å²) in [7, 11) is -1.82. The molecule has 0 heterocycles. The van der Waals surface area contributed by atoms with Crippen molar-refractivity contribution < 1.29 is 0 Å². The van der Waals surface area contributed by atoms with Crippen LogP contribution < -0.4 is 0 Å². The first-order valence-electron chi connectivity index (χ1n) is 12.6. The van der Waals surface area contributed by atoms with Crippen LogP contribution in [0.25, 0.3) is 0 Å². The average molecular weight is 425 g/mol. The summed E-state index contributed by atoms with van der Waals surface area (Å²) in [4.78, 5) is 0. The Hall–Kier alpha value is -1.86. The standard InChI is InChI=1S/C30H36Si/c1-19-13-25-15-21-9-5-7-11-23(21)17-27(25)29(19)31(3,4)30-20(2)14-26-16-22-10-6-8-12-24(22)18-28(26)30/h13-14,17-18H,5-12,15-16H2,1-4H3. The van der Waals surface area contributed by atoms with Gasteiger partial charge in [-0.25, -0.2) is 0 Å². The third-order valence-corrected chi connectivity index (χ3v) is 12.6. The molecule has 31 heavy (non-hydrogen) atoms. The Morgan fingerprint density at radius 2 is 1.00 bits per heavy atom. The fraction of sp³-hybridized carbons (Fsp3) is 0.467. The lowest BCUT2D eigenvalue weighted by Crippen LogP contribution is -2.35. The van der Waals surface area contributed by atoms with E-state index in [0.29, 0.717) is 0 Å². The van der Waals surface area contributed by atoms with E-state index in [2.05, 4.69) is 51.2 Å². The van der Waals surface area contributed by atoms with Gasteiger partial charge < -0.3 is 0 Å². The first kappa shape index (κ1) is 19.8. The minimum atomic E-state index is -1.82. The second kappa shape index (κ2) is 7.07.